The Balaban J connectivity index is 2.43. The quantitative estimate of drug-likeness (QED) is 0.754. The van der Waals surface area contributed by atoms with Gasteiger partial charge in [0.25, 0.3) is 5.91 Å². The molecule has 0 N–H and O–H groups in total. The minimum absolute atomic E-state index is 0.0966. The van der Waals surface area contributed by atoms with E-state index in [2.05, 4.69) is 4.90 Å². The lowest BCUT2D eigenvalue weighted by Crippen LogP contribution is -2.29. The van der Waals surface area contributed by atoms with Crippen molar-refractivity contribution in [3.05, 3.63) is 35.9 Å². The van der Waals surface area contributed by atoms with Crippen molar-refractivity contribution < 1.29 is 4.79 Å². The van der Waals surface area contributed by atoms with Crippen LogP contribution in [0.2, 0.25) is 0 Å². The van der Waals surface area contributed by atoms with Gasteiger partial charge in [-0.25, -0.2) is 0 Å². The Morgan fingerprint density at radius 3 is 2.25 bits per heavy atom. The number of rotatable bonds is 5. The molecule has 0 spiro atoms. The van der Waals surface area contributed by atoms with E-state index in [1.165, 1.54) is 0 Å². The fraction of sp³-hybridized carbons (Fsp3) is 0.462. The fourth-order valence-electron chi connectivity index (χ4n) is 1.53. The predicted octanol–water partition coefficient (Wildman–Crippen LogP) is 1.71. The highest BCUT2D eigenvalue weighted by molar-refractivity contribution is 5.93. The van der Waals surface area contributed by atoms with E-state index in [0.717, 1.165) is 25.1 Å². The summed E-state index contributed by atoms with van der Waals surface area (Å²) in [6, 6.07) is 9.40. The summed E-state index contributed by atoms with van der Waals surface area (Å²) >= 11 is 0. The van der Waals surface area contributed by atoms with Crippen LogP contribution in [0.15, 0.2) is 30.3 Å². The Morgan fingerprint density at radius 1 is 1.06 bits per heavy atom. The number of amides is 1. The molecular formula is C13H20N2O. The summed E-state index contributed by atoms with van der Waals surface area (Å²) in [5, 5.41) is 0. The lowest BCUT2D eigenvalue weighted by molar-refractivity contribution is 0.0790. The van der Waals surface area contributed by atoms with Crippen molar-refractivity contribution in [3.63, 3.8) is 0 Å². The molecule has 88 valence electrons. The van der Waals surface area contributed by atoms with E-state index in [4.69, 9.17) is 0 Å². The first-order valence-electron chi connectivity index (χ1n) is 5.56. The van der Waals surface area contributed by atoms with Gasteiger partial charge in [-0.15, -0.1) is 0 Å². The third-order valence-electron chi connectivity index (χ3n) is 2.47. The van der Waals surface area contributed by atoms with Crippen LogP contribution in [0.5, 0.6) is 0 Å². The van der Waals surface area contributed by atoms with Gasteiger partial charge in [0.05, 0.1) is 0 Å². The molecule has 0 atom stereocenters. The van der Waals surface area contributed by atoms with E-state index in [1.807, 2.05) is 51.5 Å². The van der Waals surface area contributed by atoms with E-state index in [9.17, 15) is 4.79 Å². The van der Waals surface area contributed by atoms with Crippen molar-refractivity contribution in [1.29, 1.82) is 0 Å². The number of carbonyl (C=O) groups is 1. The van der Waals surface area contributed by atoms with Crippen molar-refractivity contribution in [2.24, 2.45) is 0 Å². The smallest absolute Gasteiger partial charge is 0.253 e. The van der Waals surface area contributed by atoms with Gasteiger partial charge in [-0.1, -0.05) is 18.2 Å². The first-order valence-corrected chi connectivity index (χ1v) is 5.56. The SMILES string of the molecule is CN(C)CCCN(C)C(=O)c1ccccc1. The van der Waals surface area contributed by atoms with Gasteiger partial charge in [0.15, 0.2) is 0 Å². The molecule has 0 bridgehead atoms. The number of carbonyl (C=O) groups excluding carboxylic acids is 1. The second-order valence-corrected chi connectivity index (χ2v) is 4.25. The minimum Gasteiger partial charge on any atom is -0.342 e. The van der Waals surface area contributed by atoms with Gasteiger partial charge in [-0.05, 0) is 39.2 Å². The van der Waals surface area contributed by atoms with Gasteiger partial charge in [0.2, 0.25) is 0 Å². The van der Waals surface area contributed by atoms with Crippen molar-refractivity contribution >= 4 is 5.91 Å². The van der Waals surface area contributed by atoms with Crippen LogP contribution in [0.25, 0.3) is 0 Å². The number of nitrogens with zero attached hydrogens (tertiary/aromatic N) is 2. The second kappa shape index (κ2) is 6.28. The molecule has 0 saturated carbocycles. The monoisotopic (exact) mass is 220 g/mol. The van der Waals surface area contributed by atoms with Crippen LogP contribution in [0.3, 0.4) is 0 Å². The fourth-order valence-corrected chi connectivity index (χ4v) is 1.53. The average molecular weight is 220 g/mol. The van der Waals surface area contributed by atoms with Gasteiger partial charge in [-0.3, -0.25) is 4.79 Å². The third-order valence-corrected chi connectivity index (χ3v) is 2.47. The molecule has 3 heteroatoms. The maximum Gasteiger partial charge on any atom is 0.253 e. The summed E-state index contributed by atoms with van der Waals surface area (Å²) in [4.78, 5) is 15.8. The van der Waals surface area contributed by atoms with E-state index in [-0.39, 0.29) is 5.91 Å². The molecule has 0 unspecified atom stereocenters. The van der Waals surface area contributed by atoms with Crippen LogP contribution >= 0.6 is 0 Å². The predicted molar refractivity (Wildman–Crippen MR) is 66.6 cm³/mol. The molecular weight excluding hydrogens is 200 g/mol. The molecule has 0 aliphatic heterocycles. The van der Waals surface area contributed by atoms with E-state index in [1.54, 1.807) is 4.90 Å². The molecule has 0 heterocycles. The molecule has 0 radical (unpaired) electrons. The maximum atomic E-state index is 11.9. The average Bonchev–Trinajstić information content (AvgIpc) is 2.28. The first-order chi connectivity index (χ1) is 7.61. The summed E-state index contributed by atoms with van der Waals surface area (Å²) in [5.74, 6) is 0.0966. The van der Waals surface area contributed by atoms with Crippen molar-refractivity contribution in [3.8, 4) is 0 Å². The topological polar surface area (TPSA) is 23.6 Å². The van der Waals surface area contributed by atoms with Gasteiger partial charge < -0.3 is 9.80 Å². The zero-order chi connectivity index (χ0) is 12.0. The highest BCUT2D eigenvalue weighted by atomic mass is 16.2. The van der Waals surface area contributed by atoms with Crippen molar-refractivity contribution in [2.75, 3.05) is 34.2 Å². The maximum absolute atomic E-state index is 11.9. The van der Waals surface area contributed by atoms with Gasteiger partial charge in [0.1, 0.15) is 0 Å². The van der Waals surface area contributed by atoms with E-state index < -0.39 is 0 Å². The zero-order valence-corrected chi connectivity index (χ0v) is 10.3. The van der Waals surface area contributed by atoms with Crippen molar-refractivity contribution in [1.82, 2.24) is 9.80 Å². The third kappa shape index (κ3) is 4.03. The lowest BCUT2D eigenvalue weighted by Gasteiger charge is -2.18. The molecule has 0 aliphatic rings. The van der Waals surface area contributed by atoms with Crippen molar-refractivity contribution in [2.45, 2.75) is 6.42 Å². The molecule has 1 aromatic rings. The molecule has 0 aromatic heterocycles. The molecule has 1 amide bonds. The highest BCUT2D eigenvalue weighted by Crippen LogP contribution is 2.03. The normalized spacial score (nSPS) is 10.5. The Kier molecular flexibility index (Phi) is 4.99. The molecule has 0 fully saturated rings. The molecule has 3 nitrogen and oxygen atoms in total. The van der Waals surface area contributed by atoms with E-state index >= 15 is 0 Å². The lowest BCUT2D eigenvalue weighted by atomic mass is 10.2. The first kappa shape index (κ1) is 12.7. The Bertz CT molecular complexity index is 322. The summed E-state index contributed by atoms with van der Waals surface area (Å²) in [5.41, 5.74) is 0.759. The summed E-state index contributed by atoms with van der Waals surface area (Å²) in [7, 11) is 5.93. The van der Waals surface area contributed by atoms with Crippen LogP contribution in [0, 0.1) is 0 Å². The Morgan fingerprint density at radius 2 is 1.69 bits per heavy atom. The van der Waals surface area contributed by atoms with Crippen LogP contribution in [-0.4, -0.2) is 49.9 Å². The number of hydrogen-bond acceptors (Lipinski definition) is 2. The summed E-state index contributed by atoms with van der Waals surface area (Å²) in [6.45, 7) is 1.80. The molecule has 1 rings (SSSR count). The summed E-state index contributed by atoms with van der Waals surface area (Å²) < 4.78 is 0. The van der Waals surface area contributed by atoms with Crippen LogP contribution in [0.4, 0.5) is 0 Å². The molecule has 16 heavy (non-hydrogen) atoms. The standard InChI is InChI=1S/C13H20N2O/c1-14(2)10-7-11-15(3)13(16)12-8-5-4-6-9-12/h4-6,8-9H,7,10-11H2,1-3H3. The minimum atomic E-state index is 0.0966. The molecule has 1 aromatic carbocycles. The van der Waals surface area contributed by atoms with Gasteiger partial charge in [-0.2, -0.15) is 0 Å². The molecule has 0 saturated heterocycles. The Hall–Kier alpha value is -1.35. The van der Waals surface area contributed by atoms with Crippen LogP contribution in [-0.2, 0) is 0 Å². The van der Waals surface area contributed by atoms with Gasteiger partial charge >= 0.3 is 0 Å². The van der Waals surface area contributed by atoms with Crippen LogP contribution < -0.4 is 0 Å². The largest absolute Gasteiger partial charge is 0.342 e. The van der Waals surface area contributed by atoms with Crippen LogP contribution in [0.1, 0.15) is 16.8 Å². The Labute approximate surface area is 97.7 Å². The molecule has 0 aliphatic carbocycles. The zero-order valence-electron chi connectivity index (χ0n) is 10.3. The highest BCUT2D eigenvalue weighted by Gasteiger charge is 2.09. The second-order valence-electron chi connectivity index (χ2n) is 4.25. The number of hydrogen-bond donors (Lipinski definition) is 0. The van der Waals surface area contributed by atoms with Gasteiger partial charge in [0, 0.05) is 19.2 Å². The summed E-state index contributed by atoms with van der Waals surface area (Å²) in [6.07, 6.45) is 1.00. The van der Waals surface area contributed by atoms with E-state index in [0.29, 0.717) is 0 Å². The number of benzene rings is 1.